The van der Waals surface area contributed by atoms with Crippen molar-refractivity contribution in [3.8, 4) is 6.07 Å². The Morgan fingerprint density at radius 2 is 2.24 bits per heavy atom. The molecular weight excluding hydrogens is 308 g/mol. The van der Waals surface area contributed by atoms with Crippen molar-refractivity contribution in [2.75, 3.05) is 23.8 Å². The van der Waals surface area contributed by atoms with Gasteiger partial charge in [-0.1, -0.05) is 12.1 Å². The average Bonchev–Trinajstić information content (AvgIpc) is 2.52. The summed E-state index contributed by atoms with van der Waals surface area (Å²) in [5.74, 6) is 0.154. The van der Waals surface area contributed by atoms with Gasteiger partial charge in [0.2, 0.25) is 0 Å². The fraction of sp³-hybridized carbons (Fsp3) is 0.357. The zero-order valence-electron chi connectivity index (χ0n) is 11.2. The molecule has 1 atom stereocenters. The molecule has 110 valence electrons. The Bertz CT molecular complexity index is 586. The van der Waals surface area contributed by atoms with Gasteiger partial charge in [-0.05, 0) is 12.1 Å². The van der Waals surface area contributed by atoms with E-state index in [-0.39, 0.29) is 11.7 Å². The maximum absolute atomic E-state index is 12.7. The predicted molar refractivity (Wildman–Crippen MR) is 82.6 cm³/mol. The van der Waals surface area contributed by atoms with Crippen molar-refractivity contribution in [1.82, 2.24) is 4.90 Å². The van der Waals surface area contributed by atoms with Gasteiger partial charge < -0.3 is 10.0 Å². The van der Waals surface area contributed by atoms with Gasteiger partial charge in [-0.15, -0.1) is 11.8 Å². The Balaban J connectivity index is 2.26. The third kappa shape index (κ3) is 3.71. The molecule has 1 N–H and O–H groups in total. The topological polar surface area (TPSA) is 81.4 Å². The van der Waals surface area contributed by atoms with Gasteiger partial charge in [0.05, 0.1) is 17.4 Å². The standard InChI is InChI=1S/C14H14N2O3S2/c15-5-7-21-12-4-2-1-3-10(12)13(17)16-6-8-20-9-11(16)14(18)19/h1-4,11H,6-9H2,(H,18,19). The third-order valence-corrected chi connectivity index (χ3v) is 5.05. The molecule has 1 heterocycles. The van der Waals surface area contributed by atoms with Gasteiger partial charge in [-0.2, -0.15) is 17.0 Å². The minimum atomic E-state index is -0.974. The Kier molecular flexibility index (Phi) is 5.53. The Labute approximate surface area is 131 Å². The first-order chi connectivity index (χ1) is 10.1. The summed E-state index contributed by atoms with van der Waals surface area (Å²) in [6, 6.07) is 8.26. The Morgan fingerprint density at radius 3 is 2.95 bits per heavy atom. The minimum absolute atomic E-state index is 0.252. The molecule has 0 bridgehead atoms. The first-order valence-corrected chi connectivity index (χ1v) is 8.49. The van der Waals surface area contributed by atoms with Gasteiger partial charge >= 0.3 is 5.97 Å². The van der Waals surface area contributed by atoms with Crippen molar-refractivity contribution in [3.05, 3.63) is 29.8 Å². The van der Waals surface area contributed by atoms with E-state index in [9.17, 15) is 14.7 Å². The number of nitriles is 1. The van der Waals surface area contributed by atoms with Crippen molar-refractivity contribution >= 4 is 35.4 Å². The number of thioether (sulfide) groups is 2. The van der Waals surface area contributed by atoms with Crippen molar-refractivity contribution in [3.63, 3.8) is 0 Å². The van der Waals surface area contributed by atoms with Crippen LogP contribution in [0.15, 0.2) is 29.2 Å². The van der Waals surface area contributed by atoms with Crippen LogP contribution in [0.1, 0.15) is 10.4 Å². The molecule has 1 fully saturated rings. The highest BCUT2D eigenvalue weighted by molar-refractivity contribution is 7.99. The quantitative estimate of drug-likeness (QED) is 0.853. The van der Waals surface area contributed by atoms with Crippen molar-refractivity contribution in [2.24, 2.45) is 0 Å². The van der Waals surface area contributed by atoms with Crippen LogP contribution in [-0.2, 0) is 4.79 Å². The van der Waals surface area contributed by atoms with Crippen LogP contribution in [0, 0.1) is 11.3 Å². The van der Waals surface area contributed by atoms with E-state index in [2.05, 4.69) is 0 Å². The SMILES string of the molecule is N#CCSc1ccccc1C(=O)N1CCSCC1C(=O)O. The summed E-state index contributed by atoms with van der Waals surface area (Å²) in [6.07, 6.45) is 0. The molecular formula is C14H14N2O3S2. The number of carbonyl (C=O) groups excluding carboxylic acids is 1. The molecule has 0 radical (unpaired) electrons. The van der Waals surface area contributed by atoms with Gasteiger partial charge in [-0.25, -0.2) is 4.79 Å². The van der Waals surface area contributed by atoms with Gasteiger partial charge in [0, 0.05) is 22.9 Å². The second-order valence-corrected chi connectivity index (χ2v) is 6.54. The van der Waals surface area contributed by atoms with Crippen LogP contribution >= 0.6 is 23.5 Å². The van der Waals surface area contributed by atoms with Crippen LogP contribution in [0.4, 0.5) is 0 Å². The summed E-state index contributed by atoms with van der Waals surface area (Å²) in [6.45, 7) is 0.428. The number of amides is 1. The lowest BCUT2D eigenvalue weighted by Crippen LogP contribution is -2.50. The molecule has 2 rings (SSSR count). The molecule has 1 unspecified atom stereocenters. The predicted octanol–water partition coefficient (Wildman–Crippen LogP) is 1.94. The van der Waals surface area contributed by atoms with E-state index in [0.29, 0.717) is 22.8 Å². The number of benzene rings is 1. The summed E-state index contributed by atoms with van der Waals surface area (Å²) in [7, 11) is 0. The van der Waals surface area contributed by atoms with Crippen molar-refractivity contribution < 1.29 is 14.7 Å². The van der Waals surface area contributed by atoms with E-state index < -0.39 is 12.0 Å². The zero-order valence-corrected chi connectivity index (χ0v) is 12.8. The Morgan fingerprint density at radius 1 is 1.48 bits per heavy atom. The van der Waals surface area contributed by atoms with Crippen LogP contribution in [-0.4, -0.2) is 51.7 Å². The van der Waals surface area contributed by atoms with Crippen molar-refractivity contribution in [2.45, 2.75) is 10.9 Å². The molecule has 21 heavy (non-hydrogen) atoms. The smallest absolute Gasteiger partial charge is 0.327 e. The fourth-order valence-electron chi connectivity index (χ4n) is 2.09. The maximum atomic E-state index is 12.7. The Hall–Kier alpha value is -1.65. The normalized spacial score (nSPS) is 18.0. The van der Waals surface area contributed by atoms with Crippen LogP contribution < -0.4 is 0 Å². The van der Waals surface area contributed by atoms with E-state index >= 15 is 0 Å². The van der Waals surface area contributed by atoms with Gasteiger partial charge in [0.1, 0.15) is 6.04 Å². The summed E-state index contributed by atoms with van der Waals surface area (Å²) >= 11 is 2.83. The highest BCUT2D eigenvalue weighted by atomic mass is 32.2. The molecule has 5 nitrogen and oxygen atoms in total. The molecule has 1 aromatic carbocycles. The van der Waals surface area contributed by atoms with Gasteiger partial charge in [-0.3, -0.25) is 4.79 Å². The molecule has 7 heteroatoms. The van der Waals surface area contributed by atoms with Crippen molar-refractivity contribution in [1.29, 1.82) is 5.26 Å². The number of nitrogens with zero attached hydrogens (tertiary/aromatic N) is 2. The molecule has 0 saturated carbocycles. The number of aliphatic carboxylic acids is 1. The van der Waals surface area contributed by atoms with Crippen LogP contribution in [0.2, 0.25) is 0 Å². The number of hydrogen-bond acceptors (Lipinski definition) is 5. The van der Waals surface area contributed by atoms with Gasteiger partial charge in [0.25, 0.3) is 5.91 Å². The number of rotatable bonds is 4. The molecule has 0 aliphatic carbocycles. The average molecular weight is 322 g/mol. The first kappa shape index (κ1) is 15.7. The number of carboxylic acids is 1. The largest absolute Gasteiger partial charge is 0.480 e. The van der Waals surface area contributed by atoms with E-state index in [1.165, 1.54) is 16.7 Å². The summed E-state index contributed by atoms with van der Waals surface area (Å²) in [5.41, 5.74) is 0.468. The summed E-state index contributed by atoms with van der Waals surface area (Å²) in [4.78, 5) is 26.1. The highest BCUT2D eigenvalue weighted by Crippen LogP contribution is 2.26. The van der Waals surface area contributed by atoms with E-state index in [4.69, 9.17) is 5.26 Å². The van der Waals surface area contributed by atoms with Crippen LogP contribution in [0.5, 0.6) is 0 Å². The second-order valence-electron chi connectivity index (χ2n) is 4.37. The lowest BCUT2D eigenvalue weighted by atomic mass is 10.1. The molecule has 1 aromatic rings. The molecule has 0 spiro atoms. The lowest BCUT2D eigenvalue weighted by molar-refractivity contribution is -0.141. The number of carboxylic acid groups (broad SMARTS) is 1. The minimum Gasteiger partial charge on any atom is -0.480 e. The zero-order chi connectivity index (χ0) is 15.2. The lowest BCUT2D eigenvalue weighted by Gasteiger charge is -2.33. The molecule has 0 aromatic heterocycles. The maximum Gasteiger partial charge on any atom is 0.327 e. The second kappa shape index (κ2) is 7.38. The number of carbonyl (C=O) groups is 2. The van der Waals surface area contributed by atoms with Crippen LogP contribution in [0.3, 0.4) is 0 Å². The van der Waals surface area contributed by atoms with Crippen LogP contribution in [0.25, 0.3) is 0 Å². The van der Waals surface area contributed by atoms with Gasteiger partial charge in [0.15, 0.2) is 0 Å². The number of hydrogen-bond donors (Lipinski definition) is 1. The highest BCUT2D eigenvalue weighted by Gasteiger charge is 2.33. The molecule has 1 aliphatic rings. The summed E-state index contributed by atoms with van der Waals surface area (Å²) in [5, 5.41) is 17.9. The third-order valence-electron chi connectivity index (χ3n) is 3.08. The van der Waals surface area contributed by atoms with E-state index in [1.54, 1.807) is 36.0 Å². The molecule has 1 aliphatic heterocycles. The summed E-state index contributed by atoms with van der Waals surface area (Å²) < 4.78 is 0. The fourth-order valence-corrected chi connectivity index (χ4v) is 3.83. The van der Waals surface area contributed by atoms with E-state index in [1.807, 2.05) is 6.07 Å². The monoisotopic (exact) mass is 322 g/mol. The van der Waals surface area contributed by atoms with E-state index in [0.717, 1.165) is 5.75 Å². The molecule has 1 saturated heterocycles. The first-order valence-electron chi connectivity index (χ1n) is 6.35. The molecule has 1 amide bonds.